The summed E-state index contributed by atoms with van der Waals surface area (Å²) in [4.78, 5) is 15.4. The first kappa shape index (κ1) is 37.4. The second-order valence-electron chi connectivity index (χ2n) is 17.5. The predicted molar refractivity (Wildman–Crippen MR) is 271 cm³/mol. The monoisotopic (exact) mass is 854 g/mol. The lowest BCUT2D eigenvalue weighted by Crippen LogP contribution is -2.32. The van der Waals surface area contributed by atoms with Gasteiger partial charge in [-0.05, 0) is 74.5 Å². The molecule has 0 unspecified atom stereocenters. The van der Waals surface area contributed by atoms with Crippen molar-refractivity contribution in [3.05, 3.63) is 253 Å². The van der Waals surface area contributed by atoms with Crippen LogP contribution in [-0.2, 0) is 5.41 Å². The van der Waals surface area contributed by atoms with Gasteiger partial charge in [-0.2, -0.15) is 0 Å². The van der Waals surface area contributed by atoms with E-state index < -0.39 is 5.41 Å². The van der Waals surface area contributed by atoms with Gasteiger partial charge in [0.15, 0.2) is 17.5 Å². The van der Waals surface area contributed by atoms with Crippen LogP contribution in [0, 0.1) is 0 Å². The van der Waals surface area contributed by atoms with Gasteiger partial charge in [-0.1, -0.05) is 200 Å². The molecule has 2 aliphatic rings. The Hall–Kier alpha value is -8.93. The summed E-state index contributed by atoms with van der Waals surface area (Å²) in [5.74, 6) is 3.58. The van der Waals surface area contributed by atoms with Gasteiger partial charge in [0.05, 0.1) is 21.8 Å². The Labute approximate surface area is 386 Å². The molecular weight excluding hydrogens is 817 g/mol. The van der Waals surface area contributed by atoms with E-state index in [4.69, 9.17) is 19.7 Å². The van der Waals surface area contributed by atoms with Crippen LogP contribution in [0.3, 0.4) is 0 Å². The summed E-state index contributed by atoms with van der Waals surface area (Å²) in [6, 6.07) is 81.9. The third-order valence-electron chi connectivity index (χ3n) is 13.9. The molecule has 2 aromatic heterocycles. The van der Waals surface area contributed by atoms with Crippen molar-refractivity contribution in [3.63, 3.8) is 0 Å². The number of ether oxygens (including phenoxy) is 1. The predicted octanol–water partition coefficient (Wildman–Crippen LogP) is 15.3. The number of aromatic nitrogens is 4. The first-order chi connectivity index (χ1) is 33.2. The average molecular weight is 855 g/mol. The molecule has 3 heterocycles. The SMILES string of the molecule is c1ccc(-c2ccc(-c3nc(-c4ccccc4)nc(-c4cccc(-n5c6ccc7c(c6c6c8ccccc8ccc65)Oc5ccccc5C75c6ccccc6-c6ccccc65)c4)n3)cc2)cc1. The van der Waals surface area contributed by atoms with E-state index in [1.165, 1.54) is 33.0 Å². The van der Waals surface area contributed by atoms with Gasteiger partial charge < -0.3 is 9.30 Å². The van der Waals surface area contributed by atoms with Crippen LogP contribution < -0.4 is 4.74 Å². The van der Waals surface area contributed by atoms with E-state index in [0.717, 1.165) is 77.9 Å². The van der Waals surface area contributed by atoms with Crippen molar-refractivity contribution < 1.29 is 4.74 Å². The van der Waals surface area contributed by atoms with Crippen LogP contribution >= 0.6 is 0 Å². The Balaban J connectivity index is 1.00. The third kappa shape index (κ3) is 5.52. The van der Waals surface area contributed by atoms with Crippen molar-refractivity contribution in [2.24, 2.45) is 0 Å². The summed E-state index contributed by atoms with van der Waals surface area (Å²) >= 11 is 0. The van der Waals surface area contributed by atoms with Gasteiger partial charge in [0.1, 0.15) is 11.5 Å². The summed E-state index contributed by atoms with van der Waals surface area (Å²) in [7, 11) is 0. The summed E-state index contributed by atoms with van der Waals surface area (Å²) in [5.41, 5.74) is 14.9. The molecule has 67 heavy (non-hydrogen) atoms. The maximum absolute atomic E-state index is 7.31. The molecular formula is C62H38N4O. The first-order valence-corrected chi connectivity index (χ1v) is 22.8. The van der Waals surface area contributed by atoms with Crippen molar-refractivity contribution in [1.82, 2.24) is 19.5 Å². The molecule has 5 nitrogen and oxygen atoms in total. The Kier molecular flexibility index (Phi) is 8.13. The fraction of sp³-hybridized carbons (Fsp3) is 0.0161. The zero-order valence-electron chi connectivity index (χ0n) is 36.1. The molecule has 0 saturated heterocycles. The van der Waals surface area contributed by atoms with Gasteiger partial charge in [-0.3, -0.25) is 0 Å². The highest BCUT2D eigenvalue weighted by Crippen LogP contribution is 2.63. The molecule has 0 bridgehead atoms. The molecule has 12 aromatic rings. The molecule has 14 rings (SSSR count). The van der Waals surface area contributed by atoms with Crippen LogP contribution in [-0.4, -0.2) is 19.5 Å². The number of hydrogen-bond acceptors (Lipinski definition) is 4. The fourth-order valence-electron chi connectivity index (χ4n) is 11.0. The fourth-order valence-corrected chi connectivity index (χ4v) is 11.0. The van der Waals surface area contributed by atoms with E-state index in [9.17, 15) is 0 Å². The number of para-hydroxylation sites is 1. The van der Waals surface area contributed by atoms with Gasteiger partial charge >= 0.3 is 0 Å². The first-order valence-electron chi connectivity index (χ1n) is 22.8. The second-order valence-corrected chi connectivity index (χ2v) is 17.5. The molecule has 0 saturated carbocycles. The normalized spacial score (nSPS) is 13.0. The molecule has 1 spiro atoms. The zero-order chi connectivity index (χ0) is 44.1. The van der Waals surface area contributed by atoms with E-state index in [0.29, 0.717) is 17.5 Å². The summed E-state index contributed by atoms with van der Waals surface area (Å²) < 4.78 is 9.69. The van der Waals surface area contributed by atoms with E-state index in [2.05, 4.69) is 199 Å². The highest BCUT2D eigenvalue weighted by Gasteiger charge is 2.51. The molecule has 0 N–H and O–H groups in total. The van der Waals surface area contributed by atoms with Gasteiger partial charge in [0, 0.05) is 38.9 Å². The van der Waals surface area contributed by atoms with Crippen molar-refractivity contribution in [2.45, 2.75) is 5.41 Å². The quantitative estimate of drug-likeness (QED) is 0.173. The Morgan fingerprint density at radius 3 is 1.61 bits per heavy atom. The van der Waals surface area contributed by atoms with Crippen LogP contribution in [0.1, 0.15) is 22.3 Å². The van der Waals surface area contributed by atoms with Gasteiger partial charge in [-0.25, -0.2) is 15.0 Å². The molecule has 0 fully saturated rings. The average Bonchev–Trinajstić information content (AvgIpc) is 3.91. The van der Waals surface area contributed by atoms with Crippen molar-refractivity contribution in [3.8, 4) is 73.6 Å². The second kappa shape index (κ2) is 14.5. The van der Waals surface area contributed by atoms with Gasteiger partial charge in [0.2, 0.25) is 0 Å². The van der Waals surface area contributed by atoms with Crippen LogP contribution in [0.4, 0.5) is 0 Å². The molecule has 1 aliphatic heterocycles. The standard InChI is InChI=1S/C62H38N4O/c1-3-16-39(17-4-1)40-30-32-43(33-31-40)60-63-59(42-19-5-2-6-20-42)64-61(65-60)44-21-15-22-45(38-44)66-53-36-34-41-18-7-8-23-46(41)56(53)57-54(66)37-35-52-58(57)67-55-29-14-13-28-51(55)62(52)49-26-11-9-24-47(49)48-25-10-12-27-50(48)62/h1-38H. The van der Waals surface area contributed by atoms with Crippen LogP contribution in [0.2, 0.25) is 0 Å². The van der Waals surface area contributed by atoms with Crippen LogP contribution in [0.15, 0.2) is 231 Å². The molecule has 10 aromatic carbocycles. The summed E-state index contributed by atoms with van der Waals surface area (Å²) in [6.07, 6.45) is 0. The van der Waals surface area contributed by atoms with Crippen LogP contribution in [0.5, 0.6) is 11.5 Å². The molecule has 0 atom stereocenters. The molecule has 0 amide bonds. The van der Waals surface area contributed by atoms with Crippen molar-refractivity contribution >= 4 is 32.6 Å². The third-order valence-corrected chi connectivity index (χ3v) is 13.9. The van der Waals surface area contributed by atoms with Gasteiger partial charge in [0.25, 0.3) is 0 Å². The zero-order valence-corrected chi connectivity index (χ0v) is 36.1. The lowest BCUT2D eigenvalue weighted by molar-refractivity contribution is 0.442. The number of benzene rings is 10. The maximum atomic E-state index is 7.31. The number of nitrogens with zero attached hydrogens (tertiary/aromatic N) is 4. The topological polar surface area (TPSA) is 52.8 Å². The van der Waals surface area contributed by atoms with Crippen molar-refractivity contribution in [1.29, 1.82) is 0 Å². The molecule has 0 radical (unpaired) electrons. The number of fused-ring (bicyclic) bond motifs is 15. The van der Waals surface area contributed by atoms with E-state index in [1.54, 1.807) is 0 Å². The summed E-state index contributed by atoms with van der Waals surface area (Å²) in [5, 5.41) is 4.58. The van der Waals surface area contributed by atoms with Gasteiger partial charge in [-0.15, -0.1) is 0 Å². The number of hydrogen-bond donors (Lipinski definition) is 0. The van der Waals surface area contributed by atoms with Crippen molar-refractivity contribution in [2.75, 3.05) is 0 Å². The minimum Gasteiger partial charge on any atom is -0.456 e. The lowest BCUT2D eigenvalue weighted by atomic mass is 9.66. The Bertz CT molecular complexity index is 3900. The molecule has 5 heteroatoms. The number of rotatable bonds is 5. The Morgan fingerprint density at radius 1 is 0.358 bits per heavy atom. The van der Waals surface area contributed by atoms with Crippen LogP contribution in [0.25, 0.3) is 94.7 Å². The molecule has 312 valence electrons. The van der Waals surface area contributed by atoms with E-state index >= 15 is 0 Å². The smallest absolute Gasteiger partial charge is 0.164 e. The lowest BCUT2D eigenvalue weighted by Gasteiger charge is -2.39. The highest BCUT2D eigenvalue weighted by molar-refractivity contribution is 6.24. The summed E-state index contributed by atoms with van der Waals surface area (Å²) in [6.45, 7) is 0. The highest BCUT2D eigenvalue weighted by atomic mass is 16.5. The van der Waals surface area contributed by atoms with E-state index in [-0.39, 0.29) is 0 Å². The van der Waals surface area contributed by atoms with E-state index in [1.807, 2.05) is 36.4 Å². The Morgan fingerprint density at radius 2 is 0.881 bits per heavy atom. The maximum Gasteiger partial charge on any atom is 0.164 e. The minimum atomic E-state index is -0.584. The minimum absolute atomic E-state index is 0.584. The molecule has 1 aliphatic carbocycles. The largest absolute Gasteiger partial charge is 0.456 e.